The third-order valence-corrected chi connectivity index (χ3v) is 8.23. The zero-order valence-electron chi connectivity index (χ0n) is 16.2. The normalized spacial score (nSPS) is 58.3. The molecular formula is C21H22O8. The van der Waals surface area contributed by atoms with E-state index in [1.54, 1.807) is 7.11 Å². The first-order valence-electron chi connectivity index (χ1n) is 10.3. The van der Waals surface area contributed by atoms with E-state index in [4.69, 9.17) is 23.7 Å². The summed E-state index contributed by atoms with van der Waals surface area (Å²) in [5, 5.41) is 11.0. The summed E-state index contributed by atoms with van der Waals surface area (Å²) in [5.74, 6) is -0.755. The number of rotatable bonds is 1. The predicted octanol–water partition coefficient (Wildman–Crippen LogP) is -0.319. The SMILES string of the molecule is CO[C@H]1C2=C(C(=O)[C@@H]3O[C@@H]31)[C@@H]1C3C(C)OC=C4[C@H](O)[C@H]5O[C@H]5C(=O)[C@]43[C@H]2O[C@@H]1C. The second-order valence-electron chi connectivity index (χ2n) is 9.30. The van der Waals surface area contributed by atoms with Crippen LogP contribution in [0.4, 0.5) is 0 Å². The Morgan fingerprint density at radius 1 is 1.07 bits per heavy atom. The fraction of sp³-hybridized carbons (Fsp3) is 0.714. The minimum Gasteiger partial charge on any atom is -0.498 e. The first kappa shape index (κ1) is 17.1. The van der Waals surface area contributed by atoms with E-state index in [-0.39, 0.29) is 41.7 Å². The smallest absolute Gasteiger partial charge is 0.190 e. The van der Waals surface area contributed by atoms with Crippen LogP contribution < -0.4 is 0 Å². The van der Waals surface area contributed by atoms with Gasteiger partial charge in [0.1, 0.15) is 36.6 Å². The molecule has 8 rings (SSSR count). The number of carbonyl (C=O) groups excluding carboxylic acids is 2. The Morgan fingerprint density at radius 2 is 1.83 bits per heavy atom. The standard InChI is InChI=1S/C21H22O8/c1-5-8-9-10(14(25-3)17-16(28-17)13(9)23)20(27-5)21-7(4-26-6(2)11(8)21)12(22)15-18(29-15)19(21)24/h4-6,8,11-12,14-18,20,22H,1-3H3/t5-,6?,8-,11?,12+,14+,15-,16+,17-,18-,20+,21+/m1/s1. The summed E-state index contributed by atoms with van der Waals surface area (Å²) in [6.07, 6.45) is -3.09. The number of aliphatic hydroxyl groups excluding tert-OH is 1. The van der Waals surface area contributed by atoms with Gasteiger partial charge in [-0.05, 0) is 19.4 Å². The molecule has 0 aromatic carbocycles. The molecule has 1 N–H and O–H groups in total. The van der Waals surface area contributed by atoms with Gasteiger partial charge in [-0.1, -0.05) is 0 Å². The Kier molecular flexibility index (Phi) is 2.96. The molecule has 3 aliphatic carbocycles. The second-order valence-corrected chi connectivity index (χ2v) is 9.30. The molecule has 12 atom stereocenters. The molecule has 0 radical (unpaired) electrons. The molecule has 29 heavy (non-hydrogen) atoms. The first-order valence-corrected chi connectivity index (χ1v) is 10.3. The fourth-order valence-electron chi connectivity index (χ4n) is 7.09. The van der Waals surface area contributed by atoms with Crippen LogP contribution in [0.2, 0.25) is 0 Å². The van der Waals surface area contributed by atoms with Gasteiger partial charge >= 0.3 is 0 Å². The lowest BCUT2D eigenvalue weighted by molar-refractivity contribution is -0.210. The number of hydrogen-bond acceptors (Lipinski definition) is 8. The number of ketones is 2. The Hall–Kier alpha value is -1.58. The minimum absolute atomic E-state index is 0.0223. The largest absolute Gasteiger partial charge is 0.498 e. The van der Waals surface area contributed by atoms with Gasteiger partial charge < -0.3 is 28.8 Å². The zero-order chi connectivity index (χ0) is 20.0. The third-order valence-electron chi connectivity index (χ3n) is 8.23. The van der Waals surface area contributed by atoms with Crippen LogP contribution in [-0.2, 0) is 33.3 Å². The van der Waals surface area contributed by atoms with E-state index in [9.17, 15) is 14.7 Å². The van der Waals surface area contributed by atoms with Gasteiger partial charge in [0, 0.05) is 30.1 Å². The van der Waals surface area contributed by atoms with Crippen molar-refractivity contribution in [1.29, 1.82) is 0 Å². The average Bonchev–Trinajstić information content (AvgIpc) is 3.60. The summed E-state index contributed by atoms with van der Waals surface area (Å²) in [6.45, 7) is 3.86. The van der Waals surface area contributed by atoms with Crippen LogP contribution in [0, 0.1) is 17.3 Å². The zero-order valence-corrected chi connectivity index (χ0v) is 16.2. The maximum absolute atomic E-state index is 13.8. The summed E-state index contributed by atoms with van der Waals surface area (Å²) in [5.41, 5.74) is 0.811. The number of ether oxygens (including phenoxy) is 5. The number of epoxide rings is 2. The van der Waals surface area contributed by atoms with Crippen LogP contribution in [-0.4, -0.2) is 78.7 Å². The van der Waals surface area contributed by atoms with Crippen molar-refractivity contribution in [2.45, 2.75) is 68.8 Å². The predicted molar refractivity (Wildman–Crippen MR) is 93.5 cm³/mol. The Bertz CT molecular complexity index is 937. The van der Waals surface area contributed by atoms with Gasteiger partial charge in [-0.15, -0.1) is 0 Å². The first-order chi connectivity index (χ1) is 13.9. The lowest BCUT2D eigenvalue weighted by atomic mass is 9.45. The van der Waals surface area contributed by atoms with Crippen LogP contribution in [0.5, 0.6) is 0 Å². The summed E-state index contributed by atoms with van der Waals surface area (Å²) < 4.78 is 29.3. The summed E-state index contributed by atoms with van der Waals surface area (Å²) in [6, 6.07) is 0. The van der Waals surface area contributed by atoms with Crippen molar-refractivity contribution < 1.29 is 38.4 Å². The lowest BCUT2D eigenvalue weighted by Gasteiger charge is -2.63. The molecular weight excluding hydrogens is 380 g/mol. The number of fused-ring (bicyclic) bond motifs is 3. The molecule has 2 bridgehead atoms. The summed E-state index contributed by atoms with van der Waals surface area (Å²) in [7, 11) is 1.59. The minimum atomic E-state index is -1.11. The van der Waals surface area contributed by atoms with Crippen LogP contribution >= 0.6 is 0 Å². The number of hydrogen-bond donors (Lipinski definition) is 1. The van der Waals surface area contributed by atoms with Crippen molar-refractivity contribution in [3.05, 3.63) is 23.0 Å². The highest BCUT2D eigenvalue weighted by Gasteiger charge is 2.79. The van der Waals surface area contributed by atoms with E-state index in [1.807, 2.05) is 13.8 Å². The monoisotopic (exact) mass is 402 g/mol. The molecule has 8 aliphatic rings. The highest BCUT2D eigenvalue weighted by Crippen LogP contribution is 2.67. The van der Waals surface area contributed by atoms with Gasteiger partial charge in [0.25, 0.3) is 0 Å². The molecule has 5 aliphatic heterocycles. The van der Waals surface area contributed by atoms with E-state index < -0.39 is 42.0 Å². The van der Waals surface area contributed by atoms with Gasteiger partial charge in [0.15, 0.2) is 11.6 Å². The maximum Gasteiger partial charge on any atom is 0.190 e. The molecule has 8 nitrogen and oxygen atoms in total. The fourth-order valence-corrected chi connectivity index (χ4v) is 7.09. The molecule has 5 heterocycles. The van der Waals surface area contributed by atoms with Gasteiger partial charge in [-0.3, -0.25) is 9.59 Å². The van der Waals surface area contributed by atoms with E-state index in [1.165, 1.54) is 6.26 Å². The number of methoxy groups -OCH3 is 1. The van der Waals surface area contributed by atoms with E-state index in [0.717, 1.165) is 5.57 Å². The quantitative estimate of drug-likeness (QED) is 0.595. The van der Waals surface area contributed by atoms with Gasteiger partial charge in [-0.25, -0.2) is 0 Å². The molecule has 1 saturated carbocycles. The average molecular weight is 402 g/mol. The van der Waals surface area contributed by atoms with Gasteiger partial charge in [0.05, 0.1) is 30.0 Å². The Morgan fingerprint density at radius 3 is 2.59 bits per heavy atom. The van der Waals surface area contributed by atoms with Crippen molar-refractivity contribution in [2.75, 3.05) is 7.11 Å². The maximum atomic E-state index is 13.8. The van der Waals surface area contributed by atoms with Crippen LogP contribution in [0.1, 0.15) is 13.8 Å². The second kappa shape index (κ2) is 5.00. The van der Waals surface area contributed by atoms with E-state index >= 15 is 0 Å². The molecule has 0 amide bonds. The lowest BCUT2D eigenvalue weighted by Crippen LogP contribution is -2.72. The summed E-state index contributed by atoms with van der Waals surface area (Å²) in [4.78, 5) is 27.0. The molecule has 2 unspecified atom stereocenters. The number of aliphatic hydroxyl groups is 1. The topological polar surface area (TPSA) is 107 Å². The van der Waals surface area contributed by atoms with Crippen LogP contribution in [0.25, 0.3) is 0 Å². The summed E-state index contributed by atoms with van der Waals surface area (Å²) >= 11 is 0. The van der Waals surface area contributed by atoms with Crippen LogP contribution in [0.3, 0.4) is 0 Å². The Labute approximate surface area is 166 Å². The molecule has 154 valence electrons. The van der Waals surface area contributed by atoms with Crippen molar-refractivity contribution in [3.8, 4) is 0 Å². The van der Waals surface area contributed by atoms with E-state index in [0.29, 0.717) is 11.1 Å². The number of Topliss-reactive ketones (excluding diaryl/α,β-unsaturated/α-hetero) is 2. The molecule has 4 fully saturated rings. The van der Waals surface area contributed by atoms with E-state index in [2.05, 4.69) is 0 Å². The Balaban J connectivity index is 1.52. The molecule has 3 saturated heterocycles. The van der Waals surface area contributed by atoms with Gasteiger partial charge in [0.2, 0.25) is 0 Å². The van der Waals surface area contributed by atoms with Crippen molar-refractivity contribution in [3.63, 3.8) is 0 Å². The molecule has 0 aromatic heterocycles. The number of carbonyl (C=O) groups is 2. The van der Waals surface area contributed by atoms with Crippen molar-refractivity contribution in [2.24, 2.45) is 17.3 Å². The van der Waals surface area contributed by atoms with Crippen molar-refractivity contribution in [1.82, 2.24) is 0 Å². The van der Waals surface area contributed by atoms with Crippen molar-refractivity contribution >= 4 is 11.6 Å². The third kappa shape index (κ3) is 1.66. The van der Waals surface area contributed by atoms with Gasteiger partial charge in [-0.2, -0.15) is 0 Å². The van der Waals surface area contributed by atoms with Crippen LogP contribution in [0.15, 0.2) is 23.0 Å². The molecule has 0 aromatic rings. The molecule has 1 spiro atoms. The highest BCUT2D eigenvalue weighted by molar-refractivity contribution is 6.06. The highest BCUT2D eigenvalue weighted by atomic mass is 16.6. The molecule has 8 heteroatoms.